The van der Waals surface area contributed by atoms with Gasteiger partial charge in [0.25, 0.3) is 0 Å². The van der Waals surface area contributed by atoms with Gasteiger partial charge in [0.1, 0.15) is 0 Å². The van der Waals surface area contributed by atoms with E-state index in [9.17, 15) is 9.59 Å². The SMILES string of the molecule is O=C(CN1CCCCC1)Nc1ccc(NC(=O)[C@@H]2C[C@H]2c2ccccc2)cc1. The van der Waals surface area contributed by atoms with Crippen molar-refractivity contribution in [3.63, 3.8) is 0 Å². The largest absolute Gasteiger partial charge is 0.326 e. The van der Waals surface area contributed by atoms with Gasteiger partial charge in [-0.1, -0.05) is 36.8 Å². The van der Waals surface area contributed by atoms with Crippen LogP contribution in [0.5, 0.6) is 0 Å². The molecule has 2 N–H and O–H groups in total. The van der Waals surface area contributed by atoms with E-state index in [1.807, 2.05) is 42.5 Å². The van der Waals surface area contributed by atoms with E-state index in [1.54, 1.807) is 0 Å². The molecular formula is C23H27N3O2. The minimum absolute atomic E-state index is 0.0161. The van der Waals surface area contributed by atoms with E-state index in [-0.39, 0.29) is 17.7 Å². The van der Waals surface area contributed by atoms with Gasteiger partial charge >= 0.3 is 0 Å². The first-order chi connectivity index (χ1) is 13.7. The maximum Gasteiger partial charge on any atom is 0.238 e. The van der Waals surface area contributed by atoms with Crippen molar-refractivity contribution in [1.82, 2.24) is 4.90 Å². The summed E-state index contributed by atoms with van der Waals surface area (Å²) in [5.74, 6) is 0.457. The Kier molecular flexibility index (Phi) is 5.72. The van der Waals surface area contributed by atoms with Gasteiger partial charge in [0.15, 0.2) is 0 Å². The van der Waals surface area contributed by atoms with Crippen molar-refractivity contribution >= 4 is 23.2 Å². The molecule has 1 aliphatic heterocycles. The molecule has 1 heterocycles. The number of carbonyl (C=O) groups excluding carboxylic acids is 2. The van der Waals surface area contributed by atoms with Crippen LogP contribution in [-0.4, -0.2) is 36.3 Å². The Morgan fingerprint density at radius 3 is 2.18 bits per heavy atom. The lowest BCUT2D eigenvalue weighted by atomic mass is 10.1. The summed E-state index contributed by atoms with van der Waals surface area (Å²) in [5, 5.41) is 5.93. The summed E-state index contributed by atoms with van der Waals surface area (Å²) in [6, 6.07) is 17.5. The molecule has 4 rings (SSSR count). The van der Waals surface area contributed by atoms with Crippen LogP contribution in [0.4, 0.5) is 11.4 Å². The third-order valence-electron chi connectivity index (χ3n) is 5.61. The van der Waals surface area contributed by atoms with Crippen molar-refractivity contribution in [1.29, 1.82) is 0 Å². The maximum atomic E-state index is 12.5. The van der Waals surface area contributed by atoms with E-state index in [0.717, 1.165) is 30.9 Å². The quantitative estimate of drug-likeness (QED) is 0.804. The molecule has 0 bridgehead atoms. The molecule has 2 aromatic carbocycles. The van der Waals surface area contributed by atoms with Crippen LogP contribution in [0, 0.1) is 5.92 Å². The van der Waals surface area contributed by atoms with Gasteiger partial charge in [0.2, 0.25) is 11.8 Å². The summed E-state index contributed by atoms with van der Waals surface area (Å²) >= 11 is 0. The minimum Gasteiger partial charge on any atom is -0.326 e. The van der Waals surface area contributed by atoms with Crippen LogP contribution >= 0.6 is 0 Å². The van der Waals surface area contributed by atoms with E-state index in [0.29, 0.717) is 12.5 Å². The van der Waals surface area contributed by atoms with Crippen molar-refractivity contribution < 1.29 is 9.59 Å². The van der Waals surface area contributed by atoms with Gasteiger partial charge in [-0.2, -0.15) is 0 Å². The maximum absolute atomic E-state index is 12.5. The third kappa shape index (κ3) is 4.78. The number of rotatable bonds is 6. The molecule has 1 saturated heterocycles. The van der Waals surface area contributed by atoms with Gasteiger partial charge in [0.05, 0.1) is 6.54 Å². The highest BCUT2D eigenvalue weighted by Crippen LogP contribution is 2.47. The zero-order chi connectivity index (χ0) is 19.3. The molecule has 2 atom stereocenters. The number of piperidine rings is 1. The first kappa shape index (κ1) is 18.7. The second-order valence-electron chi connectivity index (χ2n) is 7.81. The monoisotopic (exact) mass is 377 g/mol. The topological polar surface area (TPSA) is 61.4 Å². The number of amides is 2. The minimum atomic E-state index is 0.0161. The van der Waals surface area contributed by atoms with Crippen molar-refractivity contribution in [2.75, 3.05) is 30.3 Å². The molecule has 0 aromatic heterocycles. The molecule has 0 radical (unpaired) electrons. The first-order valence-electron chi connectivity index (χ1n) is 10.2. The molecule has 0 spiro atoms. The molecule has 0 unspecified atom stereocenters. The van der Waals surface area contributed by atoms with Gasteiger partial charge < -0.3 is 10.6 Å². The Morgan fingerprint density at radius 2 is 1.50 bits per heavy atom. The predicted molar refractivity (Wildman–Crippen MR) is 111 cm³/mol. The number of hydrogen-bond acceptors (Lipinski definition) is 3. The number of likely N-dealkylation sites (tertiary alicyclic amines) is 1. The van der Waals surface area contributed by atoms with E-state index >= 15 is 0 Å². The van der Waals surface area contributed by atoms with Crippen molar-refractivity contribution in [2.45, 2.75) is 31.6 Å². The Bertz CT molecular complexity index is 814. The normalized spacial score (nSPS) is 21.7. The number of nitrogens with zero attached hydrogens (tertiary/aromatic N) is 1. The number of carbonyl (C=O) groups is 2. The molecule has 2 amide bonds. The molecule has 1 saturated carbocycles. The summed E-state index contributed by atoms with van der Waals surface area (Å²) in [6.45, 7) is 2.45. The third-order valence-corrected chi connectivity index (χ3v) is 5.61. The smallest absolute Gasteiger partial charge is 0.238 e. The molecule has 2 aliphatic rings. The first-order valence-corrected chi connectivity index (χ1v) is 10.2. The van der Waals surface area contributed by atoms with E-state index < -0.39 is 0 Å². The zero-order valence-electron chi connectivity index (χ0n) is 16.1. The highest BCUT2D eigenvalue weighted by molar-refractivity contribution is 5.96. The van der Waals surface area contributed by atoms with Crippen molar-refractivity contribution in [3.8, 4) is 0 Å². The number of anilines is 2. The standard InChI is InChI=1S/C23H27N3O2/c27-22(16-26-13-5-2-6-14-26)24-18-9-11-19(12-10-18)25-23(28)21-15-20(21)17-7-3-1-4-8-17/h1,3-4,7-12,20-21H,2,5-6,13-16H2,(H,24,27)(H,25,28)/t20-,21+/m0/s1. The summed E-state index contributed by atoms with van der Waals surface area (Å²) in [6.07, 6.45) is 4.51. The van der Waals surface area contributed by atoms with Crippen molar-refractivity contribution in [2.24, 2.45) is 5.92 Å². The Labute approximate surface area is 166 Å². The van der Waals surface area contributed by atoms with E-state index in [4.69, 9.17) is 0 Å². The fraction of sp³-hybridized carbons (Fsp3) is 0.391. The lowest BCUT2D eigenvalue weighted by molar-refractivity contribution is -0.118. The summed E-state index contributed by atoms with van der Waals surface area (Å²) < 4.78 is 0. The van der Waals surface area contributed by atoms with Gasteiger partial charge in [-0.3, -0.25) is 14.5 Å². The average Bonchev–Trinajstić information content (AvgIpc) is 3.52. The van der Waals surface area contributed by atoms with E-state index in [2.05, 4.69) is 27.7 Å². The van der Waals surface area contributed by atoms with Gasteiger partial charge in [0, 0.05) is 17.3 Å². The second-order valence-corrected chi connectivity index (χ2v) is 7.81. The number of hydrogen-bond donors (Lipinski definition) is 2. The summed E-state index contributed by atoms with van der Waals surface area (Å²) in [5.41, 5.74) is 2.75. The molecule has 1 aliphatic carbocycles. The predicted octanol–water partition coefficient (Wildman–Crippen LogP) is 3.85. The van der Waals surface area contributed by atoms with Gasteiger partial charge in [-0.05, 0) is 68.1 Å². The van der Waals surface area contributed by atoms with Crippen LogP contribution in [0.25, 0.3) is 0 Å². The van der Waals surface area contributed by atoms with Crippen LogP contribution in [0.1, 0.15) is 37.2 Å². The average molecular weight is 377 g/mol. The molecule has 2 fully saturated rings. The highest BCUT2D eigenvalue weighted by atomic mass is 16.2. The van der Waals surface area contributed by atoms with Gasteiger partial charge in [-0.15, -0.1) is 0 Å². The zero-order valence-corrected chi connectivity index (χ0v) is 16.1. The van der Waals surface area contributed by atoms with E-state index in [1.165, 1.54) is 24.8 Å². The molecule has 146 valence electrons. The molecule has 5 heteroatoms. The van der Waals surface area contributed by atoms with Gasteiger partial charge in [-0.25, -0.2) is 0 Å². The molecule has 2 aromatic rings. The fourth-order valence-corrected chi connectivity index (χ4v) is 3.95. The Hall–Kier alpha value is -2.66. The lowest BCUT2D eigenvalue weighted by Gasteiger charge is -2.25. The Morgan fingerprint density at radius 1 is 0.857 bits per heavy atom. The molecule has 5 nitrogen and oxygen atoms in total. The Balaban J connectivity index is 1.25. The molecular weight excluding hydrogens is 350 g/mol. The van der Waals surface area contributed by atoms with Crippen LogP contribution in [-0.2, 0) is 9.59 Å². The van der Waals surface area contributed by atoms with Crippen LogP contribution in [0.2, 0.25) is 0 Å². The summed E-state index contributed by atoms with van der Waals surface area (Å²) in [4.78, 5) is 26.8. The number of benzene rings is 2. The lowest BCUT2D eigenvalue weighted by Crippen LogP contribution is -2.36. The van der Waals surface area contributed by atoms with Crippen LogP contribution in [0.15, 0.2) is 54.6 Å². The number of nitrogens with one attached hydrogen (secondary N) is 2. The van der Waals surface area contributed by atoms with Crippen molar-refractivity contribution in [3.05, 3.63) is 60.2 Å². The highest BCUT2D eigenvalue weighted by Gasteiger charge is 2.43. The second kappa shape index (κ2) is 8.57. The summed E-state index contributed by atoms with van der Waals surface area (Å²) in [7, 11) is 0. The van der Waals surface area contributed by atoms with Crippen LogP contribution < -0.4 is 10.6 Å². The molecule has 28 heavy (non-hydrogen) atoms. The van der Waals surface area contributed by atoms with Crippen LogP contribution in [0.3, 0.4) is 0 Å². The fourth-order valence-electron chi connectivity index (χ4n) is 3.95.